The van der Waals surface area contributed by atoms with E-state index in [2.05, 4.69) is 6.92 Å². The first-order valence-corrected chi connectivity index (χ1v) is 5.31. The first kappa shape index (κ1) is 14.7. The molecule has 1 rings (SSSR count). The average molecular weight is 237 g/mol. The highest BCUT2D eigenvalue weighted by atomic mass is 35.5. The first-order valence-electron chi connectivity index (χ1n) is 5.31. The lowest BCUT2D eigenvalue weighted by Crippen LogP contribution is -2.50. The van der Waals surface area contributed by atoms with Crippen molar-refractivity contribution in [3.63, 3.8) is 0 Å². The molecule has 0 aromatic rings. The normalized spacial score (nSPS) is 23.1. The molecule has 1 fully saturated rings. The van der Waals surface area contributed by atoms with Gasteiger partial charge in [-0.15, -0.1) is 12.4 Å². The minimum absolute atomic E-state index is 0. The fraction of sp³-hybridized carbons (Fsp3) is 0.900. The fourth-order valence-electron chi connectivity index (χ4n) is 1.70. The zero-order chi connectivity index (χ0) is 10.6. The minimum Gasteiger partial charge on any atom is -0.375 e. The minimum atomic E-state index is -0.393. The second-order valence-electron chi connectivity index (χ2n) is 3.85. The van der Waals surface area contributed by atoms with E-state index in [4.69, 9.17) is 10.5 Å². The van der Waals surface area contributed by atoms with Crippen LogP contribution in [0.15, 0.2) is 0 Å². The largest absolute Gasteiger partial charge is 0.375 e. The molecule has 1 heterocycles. The number of nitrogens with zero attached hydrogens (tertiary/aromatic N) is 1. The number of amides is 1. The van der Waals surface area contributed by atoms with Gasteiger partial charge in [0, 0.05) is 13.1 Å². The molecule has 2 atom stereocenters. The number of rotatable bonds is 3. The molecule has 0 bridgehead atoms. The molecule has 0 radical (unpaired) electrons. The number of hydrogen-bond donors (Lipinski definition) is 1. The molecule has 5 heteroatoms. The van der Waals surface area contributed by atoms with Crippen molar-refractivity contribution in [1.82, 2.24) is 4.90 Å². The lowest BCUT2D eigenvalue weighted by Gasteiger charge is -2.33. The Balaban J connectivity index is 0.00000196. The van der Waals surface area contributed by atoms with Gasteiger partial charge in [-0.25, -0.2) is 0 Å². The second kappa shape index (κ2) is 7.04. The molecule has 0 aliphatic carbocycles. The summed E-state index contributed by atoms with van der Waals surface area (Å²) >= 11 is 0. The number of carbonyl (C=O) groups is 1. The van der Waals surface area contributed by atoms with E-state index in [1.165, 1.54) is 0 Å². The summed E-state index contributed by atoms with van der Waals surface area (Å²) < 4.78 is 5.54. The van der Waals surface area contributed by atoms with Crippen molar-refractivity contribution < 1.29 is 9.53 Å². The predicted molar refractivity (Wildman–Crippen MR) is 62.1 cm³/mol. The molecule has 1 saturated heterocycles. The van der Waals surface area contributed by atoms with Crippen molar-refractivity contribution in [3.8, 4) is 0 Å². The molecule has 2 unspecified atom stereocenters. The third-order valence-corrected chi connectivity index (χ3v) is 2.45. The Morgan fingerprint density at radius 1 is 1.67 bits per heavy atom. The maximum absolute atomic E-state index is 11.6. The van der Waals surface area contributed by atoms with Crippen LogP contribution in [0.25, 0.3) is 0 Å². The quantitative estimate of drug-likeness (QED) is 0.788. The Labute approximate surface area is 97.5 Å². The maximum atomic E-state index is 11.6. The highest BCUT2D eigenvalue weighted by Crippen LogP contribution is 2.10. The molecule has 15 heavy (non-hydrogen) atoms. The summed E-state index contributed by atoms with van der Waals surface area (Å²) in [6.45, 7) is 5.88. The summed E-state index contributed by atoms with van der Waals surface area (Å²) in [6, 6.07) is -0.393. The zero-order valence-corrected chi connectivity index (χ0v) is 10.3. The molecule has 0 spiro atoms. The van der Waals surface area contributed by atoms with Crippen molar-refractivity contribution in [1.29, 1.82) is 0 Å². The van der Waals surface area contributed by atoms with Crippen molar-refractivity contribution in [2.75, 3.05) is 19.7 Å². The van der Waals surface area contributed by atoms with Crippen LogP contribution < -0.4 is 5.73 Å². The Hall–Kier alpha value is -0.320. The second-order valence-corrected chi connectivity index (χ2v) is 3.85. The van der Waals surface area contributed by atoms with Gasteiger partial charge in [-0.05, 0) is 13.3 Å². The van der Waals surface area contributed by atoms with Crippen molar-refractivity contribution in [3.05, 3.63) is 0 Å². The topological polar surface area (TPSA) is 55.6 Å². The van der Waals surface area contributed by atoms with E-state index >= 15 is 0 Å². The van der Waals surface area contributed by atoms with Crippen LogP contribution in [0, 0.1) is 0 Å². The third kappa shape index (κ3) is 4.36. The number of hydrogen-bond acceptors (Lipinski definition) is 3. The summed E-state index contributed by atoms with van der Waals surface area (Å²) in [5.41, 5.74) is 5.55. The van der Waals surface area contributed by atoms with E-state index in [1.54, 1.807) is 6.92 Å². The molecular weight excluding hydrogens is 216 g/mol. The molecular formula is C10H21ClN2O2. The number of halogens is 1. The van der Waals surface area contributed by atoms with Gasteiger partial charge in [0.1, 0.15) is 0 Å². The van der Waals surface area contributed by atoms with Crippen LogP contribution in [0.1, 0.15) is 26.7 Å². The lowest BCUT2D eigenvalue weighted by atomic mass is 10.1. The molecule has 1 aliphatic heterocycles. The molecule has 2 N–H and O–H groups in total. The smallest absolute Gasteiger partial charge is 0.239 e. The van der Waals surface area contributed by atoms with Crippen molar-refractivity contribution in [2.24, 2.45) is 5.73 Å². The van der Waals surface area contributed by atoms with Gasteiger partial charge in [0.2, 0.25) is 5.91 Å². The predicted octanol–water partition coefficient (Wildman–Crippen LogP) is 0.783. The molecule has 4 nitrogen and oxygen atoms in total. The Kier molecular flexibility index (Phi) is 6.89. The number of nitrogens with two attached hydrogens (primary N) is 1. The van der Waals surface area contributed by atoms with E-state index in [0.717, 1.165) is 12.8 Å². The maximum Gasteiger partial charge on any atom is 0.239 e. The summed E-state index contributed by atoms with van der Waals surface area (Å²) in [5.74, 6) is 0.0365. The van der Waals surface area contributed by atoms with Gasteiger partial charge in [0.15, 0.2) is 0 Å². The van der Waals surface area contributed by atoms with Crippen LogP contribution in [-0.2, 0) is 9.53 Å². The van der Waals surface area contributed by atoms with Crippen LogP contribution in [0.2, 0.25) is 0 Å². The van der Waals surface area contributed by atoms with Gasteiger partial charge >= 0.3 is 0 Å². The summed E-state index contributed by atoms with van der Waals surface area (Å²) in [4.78, 5) is 13.4. The van der Waals surface area contributed by atoms with Gasteiger partial charge in [0.05, 0.1) is 18.8 Å². The van der Waals surface area contributed by atoms with Crippen LogP contribution in [0.5, 0.6) is 0 Å². The third-order valence-electron chi connectivity index (χ3n) is 2.45. The summed E-state index contributed by atoms with van der Waals surface area (Å²) in [7, 11) is 0. The van der Waals surface area contributed by atoms with Crippen LogP contribution >= 0.6 is 12.4 Å². The van der Waals surface area contributed by atoms with Crippen molar-refractivity contribution >= 4 is 18.3 Å². The highest BCUT2D eigenvalue weighted by Gasteiger charge is 2.24. The van der Waals surface area contributed by atoms with Gasteiger partial charge in [-0.2, -0.15) is 0 Å². The molecule has 1 amide bonds. The summed E-state index contributed by atoms with van der Waals surface area (Å²) in [5, 5.41) is 0. The van der Waals surface area contributed by atoms with Gasteiger partial charge in [-0.1, -0.05) is 13.3 Å². The van der Waals surface area contributed by atoms with Crippen LogP contribution in [0.3, 0.4) is 0 Å². The van der Waals surface area contributed by atoms with Crippen LogP contribution in [-0.4, -0.2) is 42.6 Å². The standard InChI is InChI=1S/C10H20N2O2.ClH/c1-3-4-9-7-12(5-6-14-9)10(13)8(2)11;/h8-9H,3-7,11H2,1-2H3;1H. The Morgan fingerprint density at radius 3 is 2.87 bits per heavy atom. The molecule has 90 valence electrons. The zero-order valence-electron chi connectivity index (χ0n) is 9.44. The monoisotopic (exact) mass is 236 g/mol. The number of ether oxygens (including phenoxy) is 1. The lowest BCUT2D eigenvalue weighted by molar-refractivity contribution is -0.140. The molecule has 1 aliphatic rings. The average Bonchev–Trinajstić information content (AvgIpc) is 2.17. The van der Waals surface area contributed by atoms with E-state index in [0.29, 0.717) is 19.7 Å². The number of morpholine rings is 1. The SMILES string of the molecule is CCCC1CN(C(=O)C(C)N)CCO1.Cl. The fourth-order valence-corrected chi connectivity index (χ4v) is 1.70. The molecule has 0 aromatic carbocycles. The van der Waals surface area contributed by atoms with Gasteiger partial charge < -0.3 is 15.4 Å². The van der Waals surface area contributed by atoms with Crippen LogP contribution in [0.4, 0.5) is 0 Å². The van der Waals surface area contributed by atoms with Gasteiger partial charge in [-0.3, -0.25) is 4.79 Å². The summed E-state index contributed by atoms with van der Waals surface area (Å²) in [6.07, 6.45) is 2.31. The first-order chi connectivity index (χ1) is 6.65. The highest BCUT2D eigenvalue weighted by molar-refractivity contribution is 5.85. The van der Waals surface area contributed by atoms with Crippen molar-refractivity contribution in [2.45, 2.75) is 38.8 Å². The van der Waals surface area contributed by atoms with Gasteiger partial charge in [0.25, 0.3) is 0 Å². The van der Waals surface area contributed by atoms with E-state index in [9.17, 15) is 4.79 Å². The molecule has 0 saturated carbocycles. The molecule has 0 aromatic heterocycles. The Bertz CT molecular complexity index is 198. The van der Waals surface area contributed by atoms with E-state index in [1.807, 2.05) is 4.90 Å². The van der Waals surface area contributed by atoms with E-state index in [-0.39, 0.29) is 24.4 Å². The van der Waals surface area contributed by atoms with E-state index < -0.39 is 6.04 Å². The number of carbonyl (C=O) groups excluding carboxylic acids is 1. The Morgan fingerprint density at radius 2 is 2.33 bits per heavy atom.